The van der Waals surface area contributed by atoms with Crippen molar-refractivity contribution < 1.29 is 9.53 Å². The average molecular weight is 235 g/mol. The molecule has 1 unspecified atom stereocenters. The Hall–Kier alpha value is -1.35. The van der Waals surface area contributed by atoms with E-state index in [0.717, 1.165) is 11.3 Å². The summed E-state index contributed by atoms with van der Waals surface area (Å²) in [5.74, 6) is 0.963. The van der Waals surface area contributed by atoms with Gasteiger partial charge in [-0.15, -0.1) is 0 Å². The van der Waals surface area contributed by atoms with Gasteiger partial charge in [-0.25, -0.2) is 0 Å². The quantitative estimate of drug-likeness (QED) is 0.770. The molecular weight excluding hydrogens is 214 g/mol. The van der Waals surface area contributed by atoms with Crippen LogP contribution in [0.15, 0.2) is 24.3 Å². The molecule has 0 heterocycles. The summed E-state index contributed by atoms with van der Waals surface area (Å²) in [5, 5.41) is 3.01. The van der Waals surface area contributed by atoms with E-state index < -0.39 is 0 Å². The molecule has 0 saturated heterocycles. The van der Waals surface area contributed by atoms with Crippen LogP contribution in [0, 0.1) is 5.92 Å². The SMILES string of the molecule is CNCC(C)C(=O)c1ccc(OC(C)C)cc1. The number of ketones is 1. The van der Waals surface area contributed by atoms with E-state index >= 15 is 0 Å². The van der Waals surface area contributed by atoms with Crippen LogP contribution in [0.1, 0.15) is 31.1 Å². The lowest BCUT2D eigenvalue weighted by atomic mass is 9.99. The Morgan fingerprint density at radius 1 is 1.24 bits per heavy atom. The third-order valence-electron chi connectivity index (χ3n) is 2.47. The van der Waals surface area contributed by atoms with Crippen LogP contribution < -0.4 is 10.1 Å². The largest absolute Gasteiger partial charge is 0.491 e. The first kappa shape index (κ1) is 13.7. The number of hydrogen-bond donors (Lipinski definition) is 1. The molecule has 0 spiro atoms. The monoisotopic (exact) mass is 235 g/mol. The van der Waals surface area contributed by atoms with Crippen molar-refractivity contribution in [2.45, 2.75) is 26.9 Å². The van der Waals surface area contributed by atoms with Crippen LogP contribution in [-0.4, -0.2) is 25.5 Å². The van der Waals surface area contributed by atoms with Gasteiger partial charge in [0.1, 0.15) is 5.75 Å². The van der Waals surface area contributed by atoms with Gasteiger partial charge in [-0.3, -0.25) is 4.79 Å². The Labute approximate surface area is 103 Å². The van der Waals surface area contributed by atoms with E-state index in [1.165, 1.54) is 0 Å². The van der Waals surface area contributed by atoms with Gasteiger partial charge < -0.3 is 10.1 Å². The van der Waals surface area contributed by atoms with Crippen LogP contribution in [0.3, 0.4) is 0 Å². The maximum absolute atomic E-state index is 12.0. The van der Waals surface area contributed by atoms with Gasteiger partial charge >= 0.3 is 0 Å². The molecule has 1 aromatic carbocycles. The zero-order valence-electron chi connectivity index (χ0n) is 11.0. The first-order valence-electron chi connectivity index (χ1n) is 6.00. The molecule has 0 fully saturated rings. The minimum Gasteiger partial charge on any atom is -0.491 e. The highest BCUT2D eigenvalue weighted by Gasteiger charge is 2.14. The van der Waals surface area contributed by atoms with Crippen LogP contribution >= 0.6 is 0 Å². The van der Waals surface area contributed by atoms with E-state index in [0.29, 0.717) is 6.54 Å². The molecule has 0 aliphatic heterocycles. The highest BCUT2D eigenvalue weighted by Crippen LogP contribution is 2.16. The molecule has 0 radical (unpaired) electrons. The third-order valence-corrected chi connectivity index (χ3v) is 2.47. The van der Waals surface area contributed by atoms with E-state index in [4.69, 9.17) is 4.74 Å². The van der Waals surface area contributed by atoms with E-state index in [1.807, 2.05) is 52.1 Å². The van der Waals surface area contributed by atoms with Crippen LogP contribution in [0.2, 0.25) is 0 Å². The maximum atomic E-state index is 12.0. The molecule has 0 saturated carbocycles. The molecule has 94 valence electrons. The molecule has 17 heavy (non-hydrogen) atoms. The Bertz CT molecular complexity index is 357. The van der Waals surface area contributed by atoms with Gasteiger partial charge in [0.15, 0.2) is 5.78 Å². The topological polar surface area (TPSA) is 38.3 Å². The van der Waals surface area contributed by atoms with Crippen molar-refractivity contribution in [2.24, 2.45) is 5.92 Å². The summed E-state index contributed by atoms with van der Waals surface area (Å²) < 4.78 is 5.53. The van der Waals surface area contributed by atoms with Crippen molar-refractivity contribution in [3.63, 3.8) is 0 Å². The molecule has 1 aromatic rings. The van der Waals surface area contributed by atoms with Crippen molar-refractivity contribution >= 4 is 5.78 Å². The predicted octanol–water partition coefficient (Wildman–Crippen LogP) is 2.51. The summed E-state index contributed by atoms with van der Waals surface area (Å²) in [4.78, 5) is 12.0. The number of hydrogen-bond acceptors (Lipinski definition) is 3. The van der Waals surface area contributed by atoms with Crippen molar-refractivity contribution in [3.8, 4) is 5.75 Å². The lowest BCUT2D eigenvalue weighted by Gasteiger charge is -2.12. The number of rotatable bonds is 6. The van der Waals surface area contributed by atoms with E-state index in [-0.39, 0.29) is 17.8 Å². The third kappa shape index (κ3) is 4.19. The fourth-order valence-corrected chi connectivity index (χ4v) is 1.65. The number of carbonyl (C=O) groups excluding carboxylic acids is 1. The van der Waals surface area contributed by atoms with Gasteiger partial charge in [0.25, 0.3) is 0 Å². The van der Waals surface area contributed by atoms with Gasteiger partial charge in [0, 0.05) is 18.0 Å². The van der Waals surface area contributed by atoms with Gasteiger partial charge in [-0.2, -0.15) is 0 Å². The smallest absolute Gasteiger partial charge is 0.166 e. The van der Waals surface area contributed by atoms with Crippen LogP contribution in [-0.2, 0) is 0 Å². The van der Waals surface area contributed by atoms with Crippen LogP contribution in [0.25, 0.3) is 0 Å². The Balaban J connectivity index is 2.70. The molecule has 1 atom stereocenters. The van der Waals surface area contributed by atoms with Gasteiger partial charge in [-0.1, -0.05) is 6.92 Å². The zero-order valence-corrected chi connectivity index (χ0v) is 11.0. The second kappa shape index (κ2) is 6.40. The van der Waals surface area contributed by atoms with Crippen molar-refractivity contribution in [1.82, 2.24) is 5.32 Å². The van der Waals surface area contributed by atoms with Crippen LogP contribution in [0.5, 0.6) is 5.75 Å². The summed E-state index contributed by atoms with van der Waals surface area (Å²) in [7, 11) is 1.85. The highest BCUT2D eigenvalue weighted by atomic mass is 16.5. The molecule has 3 heteroatoms. The van der Waals surface area contributed by atoms with Crippen molar-refractivity contribution in [3.05, 3.63) is 29.8 Å². The number of carbonyl (C=O) groups is 1. The number of nitrogens with one attached hydrogen (secondary N) is 1. The summed E-state index contributed by atoms with van der Waals surface area (Å²) in [6.45, 7) is 6.59. The Kier molecular flexibility index (Phi) is 5.16. The van der Waals surface area contributed by atoms with E-state index in [9.17, 15) is 4.79 Å². The van der Waals surface area contributed by atoms with E-state index in [1.54, 1.807) is 0 Å². The molecule has 0 bridgehead atoms. The molecule has 0 aromatic heterocycles. The second-order valence-electron chi connectivity index (χ2n) is 4.51. The highest BCUT2D eigenvalue weighted by molar-refractivity contribution is 5.97. The summed E-state index contributed by atoms with van der Waals surface area (Å²) >= 11 is 0. The first-order valence-corrected chi connectivity index (χ1v) is 6.00. The zero-order chi connectivity index (χ0) is 12.8. The summed E-state index contributed by atoms with van der Waals surface area (Å²) in [6.07, 6.45) is 0.153. The Morgan fingerprint density at radius 2 is 1.82 bits per heavy atom. The normalized spacial score (nSPS) is 12.5. The van der Waals surface area contributed by atoms with Gasteiger partial charge in [-0.05, 0) is 45.2 Å². The van der Waals surface area contributed by atoms with Gasteiger partial charge in [0.2, 0.25) is 0 Å². The van der Waals surface area contributed by atoms with Crippen LogP contribution in [0.4, 0.5) is 0 Å². The lowest BCUT2D eigenvalue weighted by molar-refractivity contribution is 0.0930. The second-order valence-corrected chi connectivity index (χ2v) is 4.51. The van der Waals surface area contributed by atoms with Crippen molar-refractivity contribution in [1.29, 1.82) is 0 Å². The summed E-state index contributed by atoms with van der Waals surface area (Å²) in [6, 6.07) is 7.34. The minimum atomic E-state index is -0.00290. The lowest BCUT2D eigenvalue weighted by Crippen LogP contribution is -2.23. The Morgan fingerprint density at radius 3 is 2.29 bits per heavy atom. The molecule has 0 amide bonds. The predicted molar refractivity (Wildman–Crippen MR) is 69.6 cm³/mol. The molecule has 3 nitrogen and oxygen atoms in total. The number of benzene rings is 1. The maximum Gasteiger partial charge on any atom is 0.166 e. The fourth-order valence-electron chi connectivity index (χ4n) is 1.65. The molecule has 1 N–H and O–H groups in total. The first-order chi connectivity index (χ1) is 8.04. The standard InChI is InChI=1S/C14H21NO2/c1-10(2)17-13-7-5-12(6-8-13)14(16)11(3)9-15-4/h5-8,10-11,15H,9H2,1-4H3. The number of ether oxygens (including phenoxy) is 1. The minimum absolute atomic E-state index is 0.00290. The molecule has 0 aliphatic carbocycles. The molecular formula is C14H21NO2. The van der Waals surface area contributed by atoms with Gasteiger partial charge in [0.05, 0.1) is 6.10 Å². The average Bonchev–Trinajstić information content (AvgIpc) is 2.28. The van der Waals surface area contributed by atoms with Crippen molar-refractivity contribution in [2.75, 3.05) is 13.6 Å². The summed E-state index contributed by atoms with van der Waals surface area (Å²) in [5.41, 5.74) is 0.740. The molecule has 0 aliphatic rings. The fraction of sp³-hybridized carbons (Fsp3) is 0.500. The molecule has 1 rings (SSSR count). The number of Topliss-reactive ketones (excluding diaryl/α,β-unsaturated/α-hetero) is 1. The van der Waals surface area contributed by atoms with E-state index in [2.05, 4.69) is 5.32 Å².